The van der Waals surface area contributed by atoms with Gasteiger partial charge < -0.3 is 20.6 Å². The van der Waals surface area contributed by atoms with E-state index in [1.807, 2.05) is 0 Å². The topological polar surface area (TPSA) is 116 Å². The van der Waals surface area contributed by atoms with Crippen molar-refractivity contribution in [3.63, 3.8) is 0 Å². The van der Waals surface area contributed by atoms with Gasteiger partial charge in [0.15, 0.2) is 0 Å². The molecule has 0 aromatic carbocycles. The smallest absolute Gasteiger partial charge is 0.327 e. The summed E-state index contributed by atoms with van der Waals surface area (Å²) in [5, 5.41) is 13.7. The molecule has 0 aliphatic heterocycles. The fourth-order valence-electron chi connectivity index (χ4n) is 1.45. The van der Waals surface area contributed by atoms with Gasteiger partial charge in [0.1, 0.15) is 6.04 Å². The third-order valence-electron chi connectivity index (χ3n) is 2.83. The lowest BCUT2D eigenvalue weighted by Crippen LogP contribution is -2.40. The zero-order valence-corrected chi connectivity index (χ0v) is 12.5. The van der Waals surface area contributed by atoms with Gasteiger partial charge in [-0.1, -0.05) is 0 Å². The summed E-state index contributed by atoms with van der Waals surface area (Å²) in [4.78, 5) is 45.6. The van der Waals surface area contributed by atoms with E-state index < -0.39 is 12.0 Å². The standard InChI is InChI=1S/C12H19N3O5S/c1-15(4-10(17)14-8-2-3-8)11(18)6-21-5-9(12(19)20)13-7-16/h7-9H,2-6H2,1H3,(H,13,16)(H,14,17)(H,19,20). The van der Waals surface area contributed by atoms with E-state index >= 15 is 0 Å². The molecule has 0 aromatic heterocycles. The number of rotatable bonds is 10. The van der Waals surface area contributed by atoms with Gasteiger partial charge in [-0.25, -0.2) is 4.79 Å². The maximum absolute atomic E-state index is 11.8. The van der Waals surface area contributed by atoms with E-state index in [0.29, 0.717) is 6.41 Å². The van der Waals surface area contributed by atoms with Crippen LogP contribution >= 0.6 is 11.8 Å². The average Bonchev–Trinajstić information content (AvgIpc) is 3.20. The Kier molecular flexibility index (Phi) is 7.00. The number of thioether (sulfide) groups is 1. The van der Waals surface area contributed by atoms with Crippen molar-refractivity contribution in [2.45, 2.75) is 24.9 Å². The van der Waals surface area contributed by atoms with E-state index in [2.05, 4.69) is 10.6 Å². The van der Waals surface area contributed by atoms with Crippen molar-refractivity contribution in [3.05, 3.63) is 0 Å². The molecule has 3 N–H and O–H groups in total. The number of nitrogens with one attached hydrogen (secondary N) is 2. The van der Waals surface area contributed by atoms with Gasteiger partial charge in [0, 0.05) is 18.8 Å². The SMILES string of the molecule is CN(CC(=O)NC1CC1)C(=O)CSCC(NC=O)C(=O)O. The fraction of sp³-hybridized carbons (Fsp3) is 0.667. The lowest BCUT2D eigenvalue weighted by Gasteiger charge is -2.17. The first-order chi connectivity index (χ1) is 9.93. The predicted octanol–water partition coefficient (Wildman–Crippen LogP) is -1.34. The molecular formula is C12H19N3O5S. The van der Waals surface area contributed by atoms with Gasteiger partial charge in [0.05, 0.1) is 12.3 Å². The number of aliphatic carboxylic acids is 1. The average molecular weight is 317 g/mol. The number of amides is 3. The number of hydrogen-bond donors (Lipinski definition) is 3. The molecular weight excluding hydrogens is 298 g/mol. The quantitative estimate of drug-likeness (QED) is 0.429. The van der Waals surface area contributed by atoms with Crippen LogP contribution in [0.1, 0.15) is 12.8 Å². The minimum Gasteiger partial charge on any atom is -0.480 e. The molecule has 1 fully saturated rings. The highest BCUT2D eigenvalue weighted by atomic mass is 32.2. The Labute approximate surface area is 126 Å². The molecule has 1 aliphatic carbocycles. The highest BCUT2D eigenvalue weighted by Crippen LogP contribution is 2.18. The molecule has 1 atom stereocenters. The van der Waals surface area contributed by atoms with Crippen molar-refractivity contribution in [2.75, 3.05) is 25.1 Å². The summed E-state index contributed by atoms with van der Waals surface area (Å²) in [5.41, 5.74) is 0. The second kappa shape index (κ2) is 8.50. The van der Waals surface area contributed by atoms with Gasteiger partial charge in [0.2, 0.25) is 18.2 Å². The second-order valence-electron chi connectivity index (χ2n) is 4.78. The first kappa shape index (κ1) is 17.3. The number of nitrogens with zero attached hydrogens (tertiary/aromatic N) is 1. The summed E-state index contributed by atoms with van der Waals surface area (Å²) in [6, 6.07) is -0.773. The van der Waals surface area contributed by atoms with E-state index in [-0.39, 0.29) is 35.9 Å². The van der Waals surface area contributed by atoms with Crippen LogP contribution in [0.3, 0.4) is 0 Å². The Morgan fingerprint density at radius 2 is 2.10 bits per heavy atom. The first-order valence-electron chi connectivity index (χ1n) is 6.47. The Bertz CT molecular complexity index is 414. The summed E-state index contributed by atoms with van der Waals surface area (Å²) >= 11 is 1.09. The number of likely N-dealkylation sites (N-methyl/N-ethyl adjacent to an activating group) is 1. The van der Waals surface area contributed by atoms with Crippen LogP contribution in [0.5, 0.6) is 0 Å². The van der Waals surface area contributed by atoms with E-state index in [0.717, 1.165) is 24.6 Å². The van der Waals surface area contributed by atoms with E-state index in [1.165, 1.54) is 11.9 Å². The van der Waals surface area contributed by atoms with Crippen LogP contribution in [-0.2, 0) is 19.2 Å². The van der Waals surface area contributed by atoms with E-state index in [4.69, 9.17) is 5.11 Å². The van der Waals surface area contributed by atoms with Crippen LogP contribution in [-0.4, -0.2) is 71.4 Å². The van der Waals surface area contributed by atoms with Gasteiger partial charge in [-0.15, -0.1) is 11.8 Å². The fourth-order valence-corrected chi connectivity index (χ4v) is 2.44. The van der Waals surface area contributed by atoms with Crippen LogP contribution in [0, 0.1) is 0 Å². The maximum atomic E-state index is 11.8. The van der Waals surface area contributed by atoms with E-state index in [1.54, 1.807) is 0 Å². The minimum atomic E-state index is -1.15. The lowest BCUT2D eigenvalue weighted by molar-refractivity contribution is -0.139. The van der Waals surface area contributed by atoms with Crippen molar-refractivity contribution in [1.29, 1.82) is 0 Å². The van der Waals surface area contributed by atoms with Gasteiger partial charge in [-0.05, 0) is 12.8 Å². The number of carbonyl (C=O) groups excluding carboxylic acids is 3. The number of carboxylic acids is 1. The van der Waals surface area contributed by atoms with Crippen LogP contribution in [0.25, 0.3) is 0 Å². The Morgan fingerprint density at radius 3 is 2.62 bits per heavy atom. The summed E-state index contributed by atoms with van der Waals surface area (Å²) in [6.45, 7) is -0.00909. The van der Waals surface area contributed by atoms with Crippen molar-refractivity contribution in [1.82, 2.24) is 15.5 Å². The maximum Gasteiger partial charge on any atom is 0.327 e. The highest BCUT2D eigenvalue weighted by molar-refractivity contribution is 8.00. The van der Waals surface area contributed by atoms with Crippen molar-refractivity contribution < 1.29 is 24.3 Å². The van der Waals surface area contributed by atoms with Crippen LogP contribution < -0.4 is 10.6 Å². The molecule has 0 spiro atoms. The molecule has 1 rings (SSSR count). The number of hydrogen-bond acceptors (Lipinski definition) is 5. The molecule has 0 radical (unpaired) electrons. The molecule has 1 aliphatic rings. The van der Waals surface area contributed by atoms with Gasteiger partial charge in [-0.3, -0.25) is 14.4 Å². The molecule has 1 saturated carbocycles. The third-order valence-corrected chi connectivity index (χ3v) is 3.85. The third kappa shape index (κ3) is 6.98. The highest BCUT2D eigenvalue weighted by Gasteiger charge is 2.24. The summed E-state index contributed by atoms with van der Waals surface area (Å²) in [5.74, 6) is -1.47. The molecule has 3 amide bonds. The van der Waals surface area contributed by atoms with Crippen molar-refractivity contribution >= 4 is 36.0 Å². The zero-order chi connectivity index (χ0) is 15.8. The molecule has 1 unspecified atom stereocenters. The first-order valence-corrected chi connectivity index (χ1v) is 7.63. The van der Waals surface area contributed by atoms with Crippen molar-refractivity contribution in [3.8, 4) is 0 Å². The van der Waals surface area contributed by atoms with Gasteiger partial charge in [-0.2, -0.15) is 0 Å². The second-order valence-corrected chi connectivity index (χ2v) is 5.81. The molecule has 0 saturated heterocycles. The zero-order valence-electron chi connectivity index (χ0n) is 11.7. The summed E-state index contributed by atoms with van der Waals surface area (Å²) < 4.78 is 0. The summed E-state index contributed by atoms with van der Waals surface area (Å²) in [7, 11) is 1.52. The molecule has 21 heavy (non-hydrogen) atoms. The van der Waals surface area contributed by atoms with Gasteiger partial charge >= 0.3 is 5.97 Å². The van der Waals surface area contributed by atoms with Gasteiger partial charge in [0.25, 0.3) is 0 Å². The molecule has 0 bridgehead atoms. The normalized spacial score (nSPS) is 14.9. The Hall–Kier alpha value is -1.77. The van der Waals surface area contributed by atoms with Crippen LogP contribution in [0.4, 0.5) is 0 Å². The summed E-state index contributed by atoms with van der Waals surface area (Å²) in [6.07, 6.45) is 2.29. The van der Waals surface area contributed by atoms with Crippen LogP contribution in [0.15, 0.2) is 0 Å². The number of carboxylic acid groups (broad SMARTS) is 1. The largest absolute Gasteiger partial charge is 0.480 e. The predicted molar refractivity (Wildman–Crippen MR) is 76.8 cm³/mol. The van der Waals surface area contributed by atoms with Crippen LogP contribution in [0.2, 0.25) is 0 Å². The molecule has 0 heterocycles. The molecule has 0 aromatic rings. The van der Waals surface area contributed by atoms with E-state index in [9.17, 15) is 19.2 Å². The number of carbonyl (C=O) groups is 4. The molecule has 9 heteroatoms. The Morgan fingerprint density at radius 1 is 1.43 bits per heavy atom. The molecule has 118 valence electrons. The monoisotopic (exact) mass is 317 g/mol. The lowest BCUT2D eigenvalue weighted by atomic mass is 10.3. The minimum absolute atomic E-state index is 0.00909. The van der Waals surface area contributed by atoms with Crippen molar-refractivity contribution in [2.24, 2.45) is 0 Å². The Balaban J connectivity index is 2.23. The molecule has 8 nitrogen and oxygen atoms in total.